The van der Waals surface area contributed by atoms with Gasteiger partial charge in [0.1, 0.15) is 0 Å². The summed E-state index contributed by atoms with van der Waals surface area (Å²) in [5.41, 5.74) is 2.08. The van der Waals surface area contributed by atoms with Crippen molar-refractivity contribution < 1.29 is 13.2 Å². The van der Waals surface area contributed by atoms with Crippen molar-refractivity contribution in [3.05, 3.63) is 71.8 Å². The molecule has 0 aliphatic carbocycles. The molecule has 1 aliphatic heterocycles. The maximum atomic E-state index is 13.5. The molecule has 0 unspecified atom stereocenters. The van der Waals surface area contributed by atoms with Gasteiger partial charge < -0.3 is 4.74 Å². The summed E-state index contributed by atoms with van der Waals surface area (Å²) in [6.07, 6.45) is 3.91. The van der Waals surface area contributed by atoms with E-state index in [1.54, 1.807) is 16.4 Å². The van der Waals surface area contributed by atoms with Gasteiger partial charge in [-0.15, -0.1) is 0 Å². The highest BCUT2D eigenvalue weighted by Crippen LogP contribution is 2.29. The molecule has 4 nitrogen and oxygen atoms in total. The second-order valence-corrected chi connectivity index (χ2v) is 9.18. The fraction of sp³-hybridized carbons (Fsp3) is 0.364. The van der Waals surface area contributed by atoms with Gasteiger partial charge in [-0.1, -0.05) is 74.0 Å². The Morgan fingerprint density at radius 3 is 2.33 bits per heavy atom. The van der Waals surface area contributed by atoms with Gasteiger partial charge in [-0.2, -0.15) is 4.31 Å². The summed E-state index contributed by atoms with van der Waals surface area (Å²) >= 11 is 0. The lowest BCUT2D eigenvalue weighted by molar-refractivity contribution is -0.00630. The van der Waals surface area contributed by atoms with Gasteiger partial charge in [0, 0.05) is 0 Å². The lowest BCUT2D eigenvalue weighted by atomic mass is 10.0. The van der Waals surface area contributed by atoms with E-state index in [1.807, 2.05) is 75.4 Å². The van der Waals surface area contributed by atoms with E-state index < -0.39 is 10.0 Å². The first-order valence-corrected chi connectivity index (χ1v) is 10.7. The van der Waals surface area contributed by atoms with Crippen molar-refractivity contribution in [2.45, 2.75) is 37.8 Å². The van der Waals surface area contributed by atoms with Gasteiger partial charge in [0.15, 0.2) is 0 Å². The van der Waals surface area contributed by atoms with E-state index in [1.165, 1.54) is 0 Å². The summed E-state index contributed by atoms with van der Waals surface area (Å²) < 4.78 is 34.4. The Morgan fingerprint density at radius 2 is 1.70 bits per heavy atom. The van der Waals surface area contributed by atoms with E-state index in [9.17, 15) is 8.42 Å². The third-order valence-corrected chi connectivity index (χ3v) is 6.87. The summed E-state index contributed by atoms with van der Waals surface area (Å²) in [5, 5.41) is 0. The van der Waals surface area contributed by atoms with Crippen molar-refractivity contribution in [2.24, 2.45) is 5.92 Å². The summed E-state index contributed by atoms with van der Waals surface area (Å²) in [6, 6.07) is 16.4. The molecular weight excluding hydrogens is 358 g/mol. The first-order valence-electron chi connectivity index (χ1n) is 9.31. The van der Waals surface area contributed by atoms with Gasteiger partial charge in [0.05, 0.1) is 30.2 Å². The number of morpholine rings is 1. The molecule has 2 aromatic rings. The van der Waals surface area contributed by atoms with Crippen LogP contribution in [0.3, 0.4) is 0 Å². The largest absolute Gasteiger partial charge is 0.378 e. The Hall–Kier alpha value is -1.95. The number of rotatable bonds is 5. The molecule has 2 aromatic carbocycles. The topological polar surface area (TPSA) is 46.6 Å². The predicted molar refractivity (Wildman–Crippen MR) is 109 cm³/mol. The van der Waals surface area contributed by atoms with Crippen LogP contribution < -0.4 is 0 Å². The third-order valence-electron chi connectivity index (χ3n) is 4.91. The van der Waals surface area contributed by atoms with Crippen molar-refractivity contribution in [1.29, 1.82) is 0 Å². The van der Waals surface area contributed by atoms with E-state index >= 15 is 0 Å². The molecule has 1 saturated heterocycles. The smallest absolute Gasteiger partial charge is 0.244 e. The zero-order chi connectivity index (χ0) is 19.4. The monoisotopic (exact) mass is 385 g/mol. The van der Waals surface area contributed by atoms with E-state index in [0.717, 1.165) is 11.1 Å². The lowest BCUT2D eigenvalue weighted by Gasteiger charge is -2.41. The van der Waals surface area contributed by atoms with Crippen LogP contribution in [0, 0.1) is 12.8 Å². The van der Waals surface area contributed by atoms with Crippen molar-refractivity contribution in [1.82, 2.24) is 4.31 Å². The van der Waals surface area contributed by atoms with Crippen LogP contribution in [-0.2, 0) is 14.8 Å². The van der Waals surface area contributed by atoms with E-state index in [-0.39, 0.29) is 18.0 Å². The van der Waals surface area contributed by atoms with Crippen molar-refractivity contribution in [3.8, 4) is 0 Å². The SMILES string of the molecule is Cc1ccc(S(=O)(=O)N2[C@H](/C=C/c3ccccc3)COC[C@@H]2C(C)C)cc1. The number of nitrogens with zero attached hydrogens (tertiary/aromatic N) is 1. The fourth-order valence-electron chi connectivity index (χ4n) is 3.30. The van der Waals surface area contributed by atoms with Crippen molar-refractivity contribution >= 4 is 16.1 Å². The van der Waals surface area contributed by atoms with Crippen LogP contribution in [0.25, 0.3) is 6.08 Å². The molecule has 0 spiro atoms. The minimum absolute atomic E-state index is 0.151. The molecule has 5 heteroatoms. The first-order chi connectivity index (χ1) is 12.9. The molecule has 0 aromatic heterocycles. The molecule has 0 N–H and O–H groups in total. The predicted octanol–water partition coefficient (Wildman–Crippen LogP) is 4.12. The minimum atomic E-state index is -3.62. The van der Waals surface area contributed by atoms with Gasteiger partial charge in [-0.3, -0.25) is 0 Å². The number of aryl methyl sites for hydroxylation is 1. The molecule has 1 heterocycles. The standard InChI is InChI=1S/C22H27NO3S/c1-17(2)22-16-26-15-20(12-11-19-7-5-4-6-8-19)23(22)27(24,25)21-13-9-18(3)10-14-21/h4-14,17,20,22H,15-16H2,1-3H3/b12-11+/t20-,22-/m1/s1. The lowest BCUT2D eigenvalue weighted by Crippen LogP contribution is -2.55. The number of hydrogen-bond acceptors (Lipinski definition) is 3. The van der Waals surface area contributed by atoms with Gasteiger partial charge in [0.2, 0.25) is 10.0 Å². The highest BCUT2D eigenvalue weighted by Gasteiger charge is 2.40. The molecule has 2 atom stereocenters. The molecule has 144 valence electrons. The van der Waals surface area contributed by atoms with Crippen molar-refractivity contribution in [3.63, 3.8) is 0 Å². The molecule has 0 amide bonds. The van der Waals surface area contributed by atoms with Crippen LogP contribution in [0.4, 0.5) is 0 Å². The maximum Gasteiger partial charge on any atom is 0.244 e. The van der Waals surface area contributed by atoms with E-state index in [2.05, 4.69) is 0 Å². The van der Waals surface area contributed by atoms with E-state index in [0.29, 0.717) is 18.1 Å². The fourth-order valence-corrected chi connectivity index (χ4v) is 5.18. The highest BCUT2D eigenvalue weighted by molar-refractivity contribution is 7.89. The van der Waals surface area contributed by atoms with Crippen molar-refractivity contribution in [2.75, 3.05) is 13.2 Å². The number of hydrogen-bond donors (Lipinski definition) is 0. The van der Waals surface area contributed by atoms with Crippen LogP contribution in [0.5, 0.6) is 0 Å². The average molecular weight is 386 g/mol. The van der Waals surface area contributed by atoms with Crippen LogP contribution in [0.1, 0.15) is 25.0 Å². The summed E-state index contributed by atoms with van der Waals surface area (Å²) in [5.74, 6) is 0.151. The Balaban J connectivity index is 1.98. The highest BCUT2D eigenvalue weighted by atomic mass is 32.2. The number of ether oxygens (including phenoxy) is 1. The number of benzene rings is 2. The van der Waals surface area contributed by atoms with Gasteiger partial charge in [-0.05, 0) is 30.5 Å². The zero-order valence-corrected chi connectivity index (χ0v) is 16.9. The van der Waals surface area contributed by atoms with Crippen LogP contribution in [0.2, 0.25) is 0 Å². The second-order valence-electron chi connectivity index (χ2n) is 7.33. The van der Waals surface area contributed by atoms with Crippen LogP contribution in [-0.4, -0.2) is 38.0 Å². The summed E-state index contributed by atoms with van der Waals surface area (Å²) in [4.78, 5) is 0.332. The van der Waals surface area contributed by atoms with Gasteiger partial charge in [0.25, 0.3) is 0 Å². The Labute approximate surface area is 162 Å². The zero-order valence-electron chi connectivity index (χ0n) is 16.1. The second kappa shape index (κ2) is 8.38. The van der Waals surface area contributed by atoms with Gasteiger partial charge >= 0.3 is 0 Å². The first kappa shape index (κ1) is 19.8. The summed E-state index contributed by atoms with van der Waals surface area (Å²) in [7, 11) is -3.62. The van der Waals surface area contributed by atoms with Crippen LogP contribution in [0.15, 0.2) is 65.6 Å². The summed E-state index contributed by atoms with van der Waals surface area (Å²) in [6.45, 7) is 6.80. The Morgan fingerprint density at radius 1 is 1.04 bits per heavy atom. The third kappa shape index (κ3) is 4.49. The van der Waals surface area contributed by atoms with Crippen LogP contribution >= 0.6 is 0 Å². The molecule has 0 bridgehead atoms. The Bertz CT molecular complexity index is 874. The molecule has 3 rings (SSSR count). The molecule has 27 heavy (non-hydrogen) atoms. The molecule has 0 saturated carbocycles. The maximum absolute atomic E-state index is 13.5. The Kier molecular flexibility index (Phi) is 6.15. The minimum Gasteiger partial charge on any atom is -0.378 e. The number of sulfonamides is 1. The molecule has 1 aliphatic rings. The average Bonchev–Trinajstić information content (AvgIpc) is 2.67. The normalized spacial score (nSPS) is 21.8. The quantitative estimate of drug-likeness (QED) is 0.778. The molecular formula is C22H27NO3S. The van der Waals surface area contributed by atoms with E-state index in [4.69, 9.17) is 4.74 Å². The molecule has 1 fully saturated rings. The molecule has 0 radical (unpaired) electrons. The van der Waals surface area contributed by atoms with Gasteiger partial charge in [-0.25, -0.2) is 8.42 Å².